The minimum absolute atomic E-state index is 0.150. The first-order chi connectivity index (χ1) is 12.2. The standard InChI is InChI=1S/C17H25N7O/c1-2-5-12-8-14(12)20-17(25)19-13-9-18-23(10-13)11-16-22-21-15-6-3-4-7-24(15)16/h9-10,12,14H,2-8,11H2,1H3,(H2,19,20,25)/t12-,14-/m1/s1. The highest BCUT2D eigenvalue weighted by atomic mass is 16.2. The van der Waals surface area contributed by atoms with Crippen molar-refractivity contribution in [2.45, 2.75) is 64.6 Å². The average Bonchev–Trinajstić information content (AvgIpc) is 3.01. The fourth-order valence-electron chi connectivity index (χ4n) is 3.59. The minimum atomic E-state index is -0.150. The molecule has 0 radical (unpaired) electrons. The predicted octanol–water partition coefficient (Wildman–Crippen LogP) is 2.17. The molecule has 0 saturated heterocycles. The average molecular weight is 343 g/mol. The Morgan fingerprint density at radius 3 is 3.16 bits per heavy atom. The molecular weight excluding hydrogens is 318 g/mol. The maximum Gasteiger partial charge on any atom is 0.319 e. The number of rotatable bonds is 6. The van der Waals surface area contributed by atoms with Gasteiger partial charge in [0.1, 0.15) is 12.4 Å². The summed E-state index contributed by atoms with van der Waals surface area (Å²) < 4.78 is 3.98. The van der Waals surface area contributed by atoms with Crippen LogP contribution in [-0.2, 0) is 19.5 Å². The smallest absolute Gasteiger partial charge is 0.319 e. The zero-order chi connectivity index (χ0) is 17.2. The van der Waals surface area contributed by atoms with Gasteiger partial charge in [0.05, 0.1) is 11.9 Å². The number of carbonyl (C=O) groups excluding carboxylic acids is 1. The van der Waals surface area contributed by atoms with E-state index in [0.29, 0.717) is 24.2 Å². The Morgan fingerprint density at radius 1 is 1.36 bits per heavy atom. The molecule has 8 heteroatoms. The van der Waals surface area contributed by atoms with Crippen LogP contribution in [0.1, 0.15) is 50.7 Å². The first kappa shape index (κ1) is 16.1. The number of fused-ring (bicyclic) bond motifs is 1. The van der Waals surface area contributed by atoms with Crippen molar-refractivity contribution in [1.29, 1.82) is 0 Å². The molecule has 3 heterocycles. The van der Waals surface area contributed by atoms with Crippen LogP contribution in [0.3, 0.4) is 0 Å². The third-order valence-corrected chi connectivity index (χ3v) is 5.03. The van der Waals surface area contributed by atoms with Gasteiger partial charge in [-0.1, -0.05) is 13.3 Å². The van der Waals surface area contributed by atoms with Crippen molar-refractivity contribution >= 4 is 11.7 Å². The molecule has 2 amide bonds. The number of nitrogens with one attached hydrogen (secondary N) is 2. The Morgan fingerprint density at radius 2 is 2.28 bits per heavy atom. The third-order valence-electron chi connectivity index (χ3n) is 5.03. The van der Waals surface area contributed by atoms with Crippen LogP contribution < -0.4 is 10.6 Å². The number of hydrogen-bond donors (Lipinski definition) is 2. The molecule has 2 N–H and O–H groups in total. The molecule has 1 aliphatic heterocycles. The fraction of sp³-hybridized carbons (Fsp3) is 0.647. The molecule has 2 aromatic rings. The van der Waals surface area contributed by atoms with Crippen LogP contribution in [0.5, 0.6) is 0 Å². The molecule has 0 aromatic carbocycles. The predicted molar refractivity (Wildman–Crippen MR) is 93.2 cm³/mol. The number of carbonyl (C=O) groups is 1. The summed E-state index contributed by atoms with van der Waals surface area (Å²) >= 11 is 0. The molecule has 0 bridgehead atoms. The topological polar surface area (TPSA) is 89.7 Å². The normalized spacial score (nSPS) is 21.6. The van der Waals surface area contributed by atoms with E-state index in [1.807, 2.05) is 6.20 Å². The molecule has 2 aliphatic rings. The van der Waals surface area contributed by atoms with Gasteiger partial charge in [-0.15, -0.1) is 10.2 Å². The number of aryl methyl sites for hydroxylation is 1. The van der Waals surface area contributed by atoms with Crippen molar-refractivity contribution < 1.29 is 4.79 Å². The molecular formula is C17H25N7O. The molecule has 4 rings (SSSR count). The van der Waals surface area contributed by atoms with Gasteiger partial charge in [-0.3, -0.25) is 4.68 Å². The summed E-state index contributed by atoms with van der Waals surface area (Å²) in [5.41, 5.74) is 0.698. The Hall–Kier alpha value is -2.38. The molecule has 1 saturated carbocycles. The van der Waals surface area contributed by atoms with Crippen molar-refractivity contribution in [1.82, 2.24) is 29.9 Å². The Balaban J connectivity index is 1.31. The van der Waals surface area contributed by atoms with Gasteiger partial charge in [0.25, 0.3) is 0 Å². The van der Waals surface area contributed by atoms with Gasteiger partial charge in [-0.2, -0.15) is 5.10 Å². The summed E-state index contributed by atoms with van der Waals surface area (Å²) in [6, 6.07) is 0.181. The van der Waals surface area contributed by atoms with Gasteiger partial charge in [0.2, 0.25) is 0 Å². The van der Waals surface area contributed by atoms with E-state index in [4.69, 9.17) is 0 Å². The van der Waals surface area contributed by atoms with E-state index in [1.165, 1.54) is 25.7 Å². The van der Waals surface area contributed by atoms with Gasteiger partial charge in [-0.25, -0.2) is 4.79 Å². The lowest BCUT2D eigenvalue weighted by Crippen LogP contribution is -2.31. The molecule has 0 spiro atoms. The van der Waals surface area contributed by atoms with Crippen LogP contribution in [0.4, 0.5) is 10.5 Å². The minimum Gasteiger partial charge on any atom is -0.335 e. The lowest BCUT2D eigenvalue weighted by atomic mass is 10.2. The zero-order valence-corrected chi connectivity index (χ0v) is 14.6. The lowest BCUT2D eigenvalue weighted by Gasteiger charge is -2.14. The monoisotopic (exact) mass is 343 g/mol. The summed E-state index contributed by atoms with van der Waals surface area (Å²) in [7, 11) is 0. The summed E-state index contributed by atoms with van der Waals surface area (Å²) in [4.78, 5) is 12.0. The van der Waals surface area contributed by atoms with Gasteiger partial charge < -0.3 is 15.2 Å². The fourth-order valence-corrected chi connectivity index (χ4v) is 3.59. The SMILES string of the molecule is CCC[C@@H]1C[C@H]1NC(=O)Nc1cnn(Cc2nnc3n2CCCC3)c1. The van der Waals surface area contributed by atoms with Crippen LogP contribution in [0.25, 0.3) is 0 Å². The largest absolute Gasteiger partial charge is 0.335 e. The van der Waals surface area contributed by atoms with Crippen molar-refractivity contribution in [2.24, 2.45) is 5.92 Å². The highest BCUT2D eigenvalue weighted by molar-refractivity contribution is 5.89. The summed E-state index contributed by atoms with van der Waals surface area (Å²) in [6.45, 7) is 3.72. The number of amides is 2. The van der Waals surface area contributed by atoms with Crippen LogP contribution in [-0.4, -0.2) is 36.6 Å². The first-order valence-corrected chi connectivity index (χ1v) is 9.24. The summed E-state index contributed by atoms with van der Waals surface area (Å²) in [5, 5.41) is 18.8. The number of hydrogen-bond acceptors (Lipinski definition) is 4. The number of aromatic nitrogens is 5. The zero-order valence-electron chi connectivity index (χ0n) is 14.6. The van der Waals surface area contributed by atoms with Gasteiger partial charge in [0, 0.05) is 25.2 Å². The molecule has 1 aliphatic carbocycles. The van der Waals surface area contributed by atoms with Gasteiger partial charge in [-0.05, 0) is 31.6 Å². The maximum absolute atomic E-state index is 12.0. The Bertz CT molecular complexity index is 750. The van der Waals surface area contributed by atoms with E-state index in [-0.39, 0.29) is 6.03 Å². The second kappa shape index (κ2) is 6.85. The number of nitrogens with zero attached hydrogens (tertiary/aromatic N) is 5. The Kier molecular flexibility index (Phi) is 4.42. The van der Waals surface area contributed by atoms with E-state index in [9.17, 15) is 4.79 Å². The van der Waals surface area contributed by atoms with Gasteiger partial charge >= 0.3 is 6.03 Å². The third kappa shape index (κ3) is 3.67. The lowest BCUT2D eigenvalue weighted by molar-refractivity contribution is 0.251. The molecule has 8 nitrogen and oxygen atoms in total. The highest BCUT2D eigenvalue weighted by Gasteiger charge is 2.37. The van der Waals surface area contributed by atoms with Crippen LogP contribution in [0.15, 0.2) is 12.4 Å². The van der Waals surface area contributed by atoms with Crippen LogP contribution in [0, 0.1) is 5.92 Å². The molecule has 2 aromatic heterocycles. The summed E-state index contributed by atoms with van der Waals surface area (Å²) in [5.74, 6) is 2.64. The number of anilines is 1. The molecule has 25 heavy (non-hydrogen) atoms. The van der Waals surface area contributed by atoms with Crippen molar-refractivity contribution in [3.63, 3.8) is 0 Å². The quantitative estimate of drug-likeness (QED) is 0.841. The van der Waals surface area contributed by atoms with E-state index >= 15 is 0 Å². The first-order valence-electron chi connectivity index (χ1n) is 9.24. The van der Waals surface area contributed by atoms with E-state index in [0.717, 1.165) is 31.0 Å². The second-order valence-electron chi connectivity index (χ2n) is 7.06. The van der Waals surface area contributed by atoms with E-state index < -0.39 is 0 Å². The number of urea groups is 1. The maximum atomic E-state index is 12.0. The van der Waals surface area contributed by atoms with E-state index in [2.05, 4.69) is 37.4 Å². The highest BCUT2D eigenvalue weighted by Crippen LogP contribution is 2.34. The second-order valence-corrected chi connectivity index (χ2v) is 7.06. The van der Waals surface area contributed by atoms with Crippen LogP contribution >= 0.6 is 0 Å². The van der Waals surface area contributed by atoms with Crippen molar-refractivity contribution in [3.8, 4) is 0 Å². The molecule has 134 valence electrons. The van der Waals surface area contributed by atoms with Crippen molar-refractivity contribution in [3.05, 3.63) is 24.0 Å². The summed E-state index contributed by atoms with van der Waals surface area (Å²) in [6.07, 6.45) is 10.3. The van der Waals surface area contributed by atoms with Crippen LogP contribution in [0.2, 0.25) is 0 Å². The van der Waals surface area contributed by atoms with E-state index in [1.54, 1.807) is 10.9 Å². The molecule has 1 fully saturated rings. The Labute approximate surface area is 147 Å². The molecule has 0 unspecified atom stereocenters. The van der Waals surface area contributed by atoms with Crippen molar-refractivity contribution in [2.75, 3.05) is 5.32 Å². The van der Waals surface area contributed by atoms with Gasteiger partial charge in [0.15, 0.2) is 5.82 Å². The molecule has 2 atom stereocenters.